The predicted octanol–water partition coefficient (Wildman–Crippen LogP) is 2.27. The lowest BCUT2D eigenvalue weighted by Gasteiger charge is -2.32. The number of hydrogen-bond acceptors (Lipinski definition) is 4. The van der Waals surface area contributed by atoms with E-state index in [0.717, 1.165) is 25.4 Å². The fraction of sp³-hybridized carbons (Fsp3) is 0.769. The standard InChI is InChI=1S/C13H23N3S/c1-2-13-15-12(10-17-13)9-16-7-3-4-11(8-16)5-6-14/h10-11H,2-9,14H2,1H3. The molecule has 1 unspecified atom stereocenters. The minimum absolute atomic E-state index is 0.804. The first-order chi connectivity index (χ1) is 8.31. The summed E-state index contributed by atoms with van der Waals surface area (Å²) < 4.78 is 0. The topological polar surface area (TPSA) is 42.2 Å². The molecule has 0 amide bonds. The van der Waals surface area contributed by atoms with Crippen LogP contribution in [0.1, 0.15) is 36.9 Å². The van der Waals surface area contributed by atoms with E-state index in [-0.39, 0.29) is 0 Å². The third kappa shape index (κ3) is 3.76. The van der Waals surface area contributed by atoms with Crippen molar-refractivity contribution in [3.8, 4) is 0 Å². The van der Waals surface area contributed by atoms with Crippen LogP contribution in [0, 0.1) is 5.92 Å². The van der Waals surface area contributed by atoms with E-state index >= 15 is 0 Å². The Bertz CT molecular complexity index is 335. The average molecular weight is 253 g/mol. The van der Waals surface area contributed by atoms with Crippen LogP contribution in [0.25, 0.3) is 0 Å². The molecule has 1 aliphatic rings. The van der Waals surface area contributed by atoms with Gasteiger partial charge in [0.15, 0.2) is 0 Å². The summed E-state index contributed by atoms with van der Waals surface area (Å²) in [6, 6.07) is 0. The average Bonchev–Trinajstić information content (AvgIpc) is 2.78. The van der Waals surface area contributed by atoms with Gasteiger partial charge < -0.3 is 5.73 Å². The van der Waals surface area contributed by atoms with Crippen molar-refractivity contribution in [3.63, 3.8) is 0 Å². The molecular weight excluding hydrogens is 230 g/mol. The maximum absolute atomic E-state index is 5.65. The minimum Gasteiger partial charge on any atom is -0.330 e. The SMILES string of the molecule is CCc1nc(CN2CCCC(CCN)C2)cs1. The van der Waals surface area contributed by atoms with Gasteiger partial charge in [-0.2, -0.15) is 0 Å². The van der Waals surface area contributed by atoms with Gasteiger partial charge in [-0.3, -0.25) is 4.90 Å². The molecule has 1 aromatic heterocycles. The van der Waals surface area contributed by atoms with Crippen LogP contribution in [0.15, 0.2) is 5.38 Å². The third-order valence-corrected chi connectivity index (χ3v) is 4.51. The first-order valence-electron chi connectivity index (χ1n) is 6.67. The summed E-state index contributed by atoms with van der Waals surface area (Å²) in [4.78, 5) is 7.19. The third-order valence-electron chi connectivity index (χ3n) is 3.47. The monoisotopic (exact) mass is 253 g/mol. The van der Waals surface area contributed by atoms with Crippen LogP contribution in [0.3, 0.4) is 0 Å². The van der Waals surface area contributed by atoms with E-state index in [9.17, 15) is 0 Å². The number of nitrogens with zero attached hydrogens (tertiary/aromatic N) is 2. The molecule has 0 radical (unpaired) electrons. The lowest BCUT2D eigenvalue weighted by atomic mass is 9.95. The molecule has 1 saturated heterocycles. The molecule has 0 spiro atoms. The number of nitrogens with two attached hydrogens (primary N) is 1. The Balaban J connectivity index is 1.85. The molecule has 2 heterocycles. The second kappa shape index (κ2) is 6.47. The van der Waals surface area contributed by atoms with Crippen molar-refractivity contribution < 1.29 is 0 Å². The highest BCUT2D eigenvalue weighted by Crippen LogP contribution is 2.21. The molecule has 0 bridgehead atoms. The molecule has 1 aromatic rings. The molecule has 0 saturated carbocycles. The van der Waals surface area contributed by atoms with Crippen molar-refractivity contribution in [3.05, 3.63) is 16.1 Å². The summed E-state index contributed by atoms with van der Waals surface area (Å²) in [5.41, 5.74) is 6.90. The highest BCUT2D eigenvalue weighted by Gasteiger charge is 2.19. The summed E-state index contributed by atoms with van der Waals surface area (Å²) in [5.74, 6) is 0.804. The van der Waals surface area contributed by atoms with E-state index in [0.29, 0.717) is 0 Å². The number of aryl methyl sites for hydroxylation is 1. The maximum atomic E-state index is 5.65. The molecule has 96 valence electrons. The first kappa shape index (κ1) is 13.0. The van der Waals surface area contributed by atoms with Crippen LogP contribution in [-0.4, -0.2) is 29.5 Å². The lowest BCUT2D eigenvalue weighted by Crippen LogP contribution is -2.35. The minimum atomic E-state index is 0.804. The van der Waals surface area contributed by atoms with Crippen LogP contribution < -0.4 is 5.73 Å². The van der Waals surface area contributed by atoms with Crippen LogP contribution in [0.4, 0.5) is 0 Å². The molecule has 2 rings (SSSR count). The van der Waals surface area contributed by atoms with Crippen molar-refractivity contribution >= 4 is 11.3 Å². The Labute approximate surface area is 108 Å². The summed E-state index contributed by atoms with van der Waals surface area (Å²) in [5, 5.41) is 3.47. The van der Waals surface area contributed by atoms with Gasteiger partial charge in [-0.05, 0) is 44.7 Å². The van der Waals surface area contributed by atoms with E-state index in [4.69, 9.17) is 5.73 Å². The zero-order valence-corrected chi connectivity index (χ0v) is 11.5. The summed E-state index contributed by atoms with van der Waals surface area (Å²) in [6.45, 7) is 6.45. The fourth-order valence-corrected chi connectivity index (χ4v) is 3.32. The van der Waals surface area contributed by atoms with Gasteiger partial charge in [0, 0.05) is 18.5 Å². The molecule has 0 aliphatic carbocycles. The maximum Gasteiger partial charge on any atom is 0.0926 e. The van der Waals surface area contributed by atoms with Gasteiger partial charge in [-0.15, -0.1) is 11.3 Å². The van der Waals surface area contributed by atoms with Gasteiger partial charge in [0.2, 0.25) is 0 Å². The lowest BCUT2D eigenvalue weighted by molar-refractivity contribution is 0.161. The van der Waals surface area contributed by atoms with Crippen molar-refractivity contribution in [2.24, 2.45) is 11.7 Å². The van der Waals surface area contributed by atoms with Crippen molar-refractivity contribution in [2.45, 2.75) is 39.2 Å². The Kier molecular flexibility index (Phi) is 4.95. The predicted molar refractivity (Wildman–Crippen MR) is 73.2 cm³/mol. The molecule has 0 aromatic carbocycles. The Morgan fingerprint density at radius 3 is 3.18 bits per heavy atom. The largest absolute Gasteiger partial charge is 0.330 e. The molecule has 1 fully saturated rings. The number of hydrogen-bond donors (Lipinski definition) is 1. The quantitative estimate of drug-likeness (QED) is 0.875. The van der Waals surface area contributed by atoms with Crippen molar-refractivity contribution in [1.29, 1.82) is 0 Å². The smallest absolute Gasteiger partial charge is 0.0926 e. The number of aromatic nitrogens is 1. The second-order valence-electron chi connectivity index (χ2n) is 4.91. The van der Waals surface area contributed by atoms with E-state index in [1.54, 1.807) is 11.3 Å². The summed E-state index contributed by atoms with van der Waals surface area (Å²) in [7, 11) is 0. The number of likely N-dealkylation sites (tertiary alicyclic amines) is 1. The molecule has 3 nitrogen and oxygen atoms in total. The summed E-state index contributed by atoms with van der Waals surface area (Å²) >= 11 is 1.79. The molecular formula is C13H23N3S. The zero-order chi connectivity index (χ0) is 12.1. The van der Waals surface area contributed by atoms with Gasteiger partial charge in [0.05, 0.1) is 10.7 Å². The number of thiazole rings is 1. The van der Waals surface area contributed by atoms with E-state index in [1.807, 2.05) is 0 Å². The number of rotatable bonds is 5. The van der Waals surface area contributed by atoms with Crippen LogP contribution >= 0.6 is 11.3 Å². The van der Waals surface area contributed by atoms with Gasteiger partial charge in [0.1, 0.15) is 0 Å². The van der Waals surface area contributed by atoms with Gasteiger partial charge >= 0.3 is 0 Å². The molecule has 17 heavy (non-hydrogen) atoms. The Hall–Kier alpha value is -0.450. The van der Waals surface area contributed by atoms with E-state index in [1.165, 1.54) is 43.1 Å². The second-order valence-corrected chi connectivity index (χ2v) is 5.85. The van der Waals surface area contributed by atoms with Crippen LogP contribution in [0.5, 0.6) is 0 Å². The Morgan fingerprint density at radius 2 is 2.47 bits per heavy atom. The van der Waals surface area contributed by atoms with Crippen molar-refractivity contribution in [1.82, 2.24) is 9.88 Å². The highest BCUT2D eigenvalue weighted by atomic mass is 32.1. The molecule has 1 aliphatic heterocycles. The molecule has 4 heteroatoms. The van der Waals surface area contributed by atoms with Gasteiger partial charge in [-0.25, -0.2) is 4.98 Å². The van der Waals surface area contributed by atoms with Crippen LogP contribution in [0.2, 0.25) is 0 Å². The van der Waals surface area contributed by atoms with Gasteiger partial charge in [0.25, 0.3) is 0 Å². The summed E-state index contributed by atoms with van der Waals surface area (Å²) in [6.07, 6.45) is 4.90. The zero-order valence-electron chi connectivity index (χ0n) is 10.7. The molecule has 2 N–H and O–H groups in total. The van der Waals surface area contributed by atoms with E-state index in [2.05, 4.69) is 22.2 Å². The highest BCUT2D eigenvalue weighted by molar-refractivity contribution is 7.09. The fourth-order valence-electron chi connectivity index (χ4n) is 2.58. The van der Waals surface area contributed by atoms with Crippen molar-refractivity contribution in [2.75, 3.05) is 19.6 Å². The number of piperidine rings is 1. The molecule has 1 atom stereocenters. The first-order valence-corrected chi connectivity index (χ1v) is 7.55. The normalized spacial score (nSPS) is 21.9. The van der Waals surface area contributed by atoms with Gasteiger partial charge in [-0.1, -0.05) is 6.92 Å². The van der Waals surface area contributed by atoms with E-state index < -0.39 is 0 Å². The Morgan fingerprint density at radius 1 is 1.59 bits per heavy atom. The van der Waals surface area contributed by atoms with Crippen LogP contribution in [-0.2, 0) is 13.0 Å².